The summed E-state index contributed by atoms with van der Waals surface area (Å²) in [4.78, 5) is 27.5. The lowest BCUT2D eigenvalue weighted by Gasteiger charge is -2.23. The van der Waals surface area contributed by atoms with Crippen molar-refractivity contribution in [2.45, 2.75) is 32.4 Å². The van der Waals surface area contributed by atoms with E-state index >= 15 is 0 Å². The monoisotopic (exact) mass is 337 g/mol. The van der Waals surface area contributed by atoms with Gasteiger partial charge in [0.05, 0.1) is 0 Å². The minimum Gasteiger partial charge on any atom is -0.317 e. The van der Waals surface area contributed by atoms with Gasteiger partial charge in [-0.25, -0.2) is 4.79 Å². The van der Waals surface area contributed by atoms with E-state index in [1.54, 1.807) is 11.9 Å². The number of rotatable bonds is 5. The largest absolute Gasteiger partial charge is 0.322 e. The fourth-order valence-corrected chi connectivity index (χ4v) is 2.68. The van der Waals surface area contributed by atoms with Gasteiger partial charge in [0, 0.05) is 37.9 Å². The molecule has 25 heavy (non-hydrogen) atoms. The predicted octanol–water partition coefficient (Wildman–Crippen LogP) is 3.87. The Hall–Kier alpha value is -2.82. The Kier molecular flexibility index (Phi) is 5.03. The molecule has 0 saturated heterocycles. The summed E-state index contributed by atoms with van der Waals surface area (Å²) in [5, 5.41) is 2.96. The van der Waals surface area contributed by atoms with Crippen LogP contribution in [0.5, 0.6) is 0 Å². The number of hydrogen-bond acceptors (Lipinski definition) is 2. The minimum absolute atomic E-state index is 0.0282. The summed E-state index contributed by atoms with van der Waals surface area (Å²) in [6, 6.07) is 17.6. The number of nitrogens with zero attached hydrogens (tertiary/aromatic N) is 2. The third-order valence-corrected chi connectivity index (χ3v) is 4.42. The van der Waals surface area contributed by atoms with Gasteiger partial charge in [-0.15, -0.1) is 0 Å². The standard InChI is InChI=1S/C20H23N3O2/c1-15(24)22(2)18-10-8-17(9-11-18)21-20(25)23(19-12-13-19)14-16-6-4-3-5-7-16/h3-11,19H,12-14H2,1-2H3,(H,21,25). The highest BCUT2D eigenvalue weighted by Crippen LogP contribution is 2.29. The van der Waals surface area contributed by atoms with Gasteiger partial charge in [0.2, 0.25) is 5.91 Å². The molecule has 5 nitrogen and oxygen atoms in total. The van der Waals surface area contributed by atoms with Crippen LogP contribution in [0, 0.1) is 0 Å². The van der Waals surface area contributed by atoms with Crippen LogP contribution in [0.3, 0.4) is 0 Å². The Bertz CT molecular complexity index is 739. The van der Waals surface area contributed by atoms with Crippen LogP contribution < -0.4 is 10.2 Å². The summed E-state index contributed by atoms with van der Waals surface area (Å²) in [7, 11) is 1.73. The molecule has 0 bridgehead atoms. The molecule has 3 rings (SSSR count). The highest BCUT2D eigenvalue weighted by molar-refractivity contribution is 5.92. The molecule has 1 aliphatic carbocycles. The summed E-state index contributed by atoms with van der Waals surface area (Å²) < 4.78 is 0. The zero-order valence-electron chi connectivity index (χ0n) is 14.6. The van der Waals surface area contributed by atoms with Gasteiger partial charge in [-0.05, 0) is 42.7 Å². The van der Waals surface area contributed by atoms with Crippen molar-refractivity contribution in [1.82, 2.24) is 4.90 Å². The van der Waals surface area contributed by atoms with Crippen molar-refractivity contribution in [3.8, 4) is 0 Å². The normalized spacial score (nSPS) is 13.2. The second-order valence-electron chi connectivity index (χ2n) is 6.40. The molecular weight excluding hydrogens is 314 g/mol. The molecule has 0 heterocycles. The van der Waals surface area contributed by atoms with Gasteiger partial charge in [-0.2, -0.15) is 0 Å². The minimum atomic E-state index is -0.0842. The molecule has 2 aromatic carbocycles. The van der Waals surface area contributed by atoms with E-state index in [1.165, 1.54) is 6.92 Å². The van der Waals surface area contributed by atoms with Crippen LogP contribution in [0.1, 0.15) is 25.3 Å². The molecule has 0 aliphatic heterocycles. The number of carbonyl (C=O) groups is 2. The molecule has 0 spiro atoms. The number of urea groups is 1. The lowest BCUT2D eigenvalue weighted by Crippen LogP contribution is -2.36. The molecule has 0 atom stereocenters. The summed E-state index contributed by atoms with van der Waals surface area (Å²) in [6.07, 6.45) is 2.12. The van der Waals surface area contributed by atoms with Gasteiger partial charge in [-0.1, -0.05) is 30.3 Å². The highest BCUT2D eigenvalue weighted by atomic mass is 16.2. The smallest absolute Gasteiger partial charge is 0.317 e. The summed E-state index contributed by atoms with van der Waals surface area (Å²) >= 11 is 0. The van der Waals surface area contributed by atoms with E-state index in [9.17, 15) is 9.59 Å². The third kappa shape index (κ3) is 4.38. The predicted molar refractivity (Wildman–Crippen MR) is 99.6 cm³/mol. The van der Waals surface area contributed by atoms with E-state index in [0.717, 1.165) is 29.8 Å². The summed E-state index contributed by atoms with van der Waals surface area (Å²) in [5.41, 5.74) is 2.65. The number of nitrogens with one attached hydrogen (secondary N) is 1. The van der Waals surface area contributed by atoms with Crippen molar-refractivity contribution in [3.05, 3.63) is 60.2 Å². The second kappa shape index (κ2) is 7.38. The summed E-state index contributed by atoms with van der Waals surface area (Å²) in [5.74, 6) is -0.0282. The van der Waals surface area contributed by atoms with Crippen molar-refractivity contribution < 1.29 is 9.59 Å². The number of amides is 3. The van der Waals surface area contributed by atoms with Crippen LogP contribution in [0.25, 0.3) is 0 Å². The molecule has 0 aromatic heterocycles. The fourth-order valence-electron chi connectivity index (χ4n) is 2.68. The van der Waals surface area contributed by atoms with Gasteiger partial charge < -0.3 is 15.1 Å². The van der Waals surface area contributed by atoms with Crippen molar-refractivity contribution in [1.29, 1.82) is 0 Å². The third-order valence-electron chi connectivity index (χ3n) is 4.42. The molecule has 0 radical (unpaired) electrons. The van der Waals surface area contributed by atoms with E-state index in [4.69, 9.17) is 0 Å². The van der Waals surface area contributed by atoms with Crippen molar-refractivity contribution in [2.24, 2.45) is 0 Å². The number of carbonyl (C=O) groups excluding carboxylic acids is 2. The maximum absolute atomic E-state index is 12.7. The van der Waals surface area contributed by atoms with Gasteiger partial charge in [0.25, 0.3) is 0 Å². The summed E-state index contributed by atoms with van der Waals surface area (Å²) in [6.45, 7) is 2.13. The Morgan fingerprint density at radius 2 is 1.68 bits per heavy atom. The zero-order chi connectivity index (χ0) is 17.8. The lowest BCUT2D eigenvalue weighted by atomic mass is 10.2. The first-order valence-corrected chi connectivity index (χ1v) is 8.50. The van der Waals surface area contributed by atoms with E-state index in [1.807, 2.05) is 59.5 Å². The fraction of sp³-hybridized carbons (Fsp3) is 0.300. The first kappa shape index (κ1) is 17.0. The lowest BCUT2D eigenvalue weighted by molar-refractivity contribution is -0.116. The Morgan fingerprint density at radius 1 is 1.04 bits per heavy atom. The SMILES string of the molecule is CC(=O)N(C)c1ccc(NC(=O)N(Cc2ccccc2)C2CC2)cc1. The van der Waals surface area contributed by atoms with Crippen LogP contribution in [-0.4, -0.2) is 29.9 Å². The maximum atomic E-state index is 12.7. The molecule has 1 fully saturated rings. The molecule has 5 heteroatoms. The topological polar surface area (TPSA) is 52.7 Å². The van der Waals surface area contributed by atoms with Crippen molar-refractivity contribution in [3.63, 3.8) is 0 Å². The van der Waals surface area contributed by atoms with Crippen LogP contribution in [-0.2, 0) is 11.3 Å². The zero-order valence-corrected chi connectivity index (χ0v) is 14.6. The van der Waals surface area contributed by atoms with Gasteiger partial charge in [0.15, 0.2) is 0 Å². The molecule has 3 amide bonds. The van der Waals surface area contributed by atoms with Crippen molar-refractivity contribution in [2.75, 3.05) is 17.3 Å². The quantitative estimate of drug-likeness (QED) is 0.900. The number of anilines is 2. The number of benzene rings is 2. The van der Waals surface area contributed by atoms with E-state index in [0.29, 0.717) is 12.6 Å². The average Bonchev–Trinajstić information content (AvgIpc) is 3.45. The van der Waals surface area contributed by atoms with E-state index < -0.39 is 0 Å². The molecular formula is C20H23N3O2. The van der Waals surface area contributed by atoms with E-state index in [-0.39, 0.29) is 11.9 Å². The molecule has 0 unspecified atom stereocenters. The Labute approximate surface area is 148 Å². The van der Waals surface area contributed by atoms with Crippen molar-refractivity contribution >= 4 is 23.3 Å². The van der Waals surface area contributed by atoms with Gasteiger partial charge >= 0.3 is 6.03 Å². The Morgan fingerprint density at radius 3 is 2.24 bits per heavy atom. The molecule has 1 saturated carbocycles. The highest BCUT2D eigenvalue weighted by Gasteiger charge is 2.32. The second-order valence-corrected chi connectivity index (χ2v) is 6.40. The maximum Gasteiger partial charge on any atom is 0.322 e. The van der Waals surface area contributed by atoms with Gasteiger partial charge in [0.1, 0.15) is 0 Å². The molecule has 1 N–H and O–H groups in total. The molecule has 2 aromatic rings. The van der Waals surface area contributed by atoms with Crippen LogP contribution in [0.4, 0.5) is 16.2 Å². The molecule has 1 aliphatic rings. The number of hydrogen-bond donors (Lipinski definition) is 1. The van der Waals surface area contributed by atoms with Crippen LogP contribution in [0.2, 0.25) is 0 Å². The van der Waals surface area contributed by atoms with Crippen LogP contribution in [0.15, 0.2) is 54.6 Å². The van der Waals surface area contributed by atoms with Gasteiger partial charge in [-0.3, -0.25) is 4.79 Å². The van der Waals surface area contributed by atoms with E-state index in [2.05, 4.69) is 5.32 Å². The average molecular weight is 337 g/mol. The molecule has 130 valence electrons. The first-order valence-electron chi connectivity index (χ1n) is 8.50. The van der Waals surface area contributed by atoms with Crippen LogP contribution >= 0.6 is 0 Å². The first-order chi connectivity index (χ1) is 12.0. The Balaban J connectivity index is 1.66.